The number of rotatable bonds is 4. The number of nitrogens with zero attached hydrogens (tertiary/aromatic N) is 5. The Morgan fingerprint density at radius 1 is 1.48 bits per heavy atom. The molecule has 0 spiro atoms. The molecule has 0 atom stereocenters. The first-order valence-electron chi connectivity index (χ1n) is 7.03. The molecule has 0 unspecified atom stereocenters. The lowest BCUT2D eigenvalue weighted by atomic mass is 10.2. The topological polar surface area (TPSA) is 110 Å². The van der Waals surface area contributed by atoms with Gasteiger partial charge >= 0.3 is 0 Å². The molecule has 23 heavy (non-hydrogen) atoms. The maximum Gasteiger partial charge on any atom is 0.279 e. The monoisotopic (exact) mass is 356 g/mol. The van der Waals surface area contributed by atoms with Gasteiger partial charge in [0.25, 0.3) is 5.91 Å². The van der Waals surface area contributed by atoms with Crippen LogP contribution in [0, 0.1) is 0 Å². The Bertz CT molecular complexity index is 841. The van der Waals surface area contributed by atoms with Crippen molar-refractivity contribution in [3.63, 3.8) is 0 Å². The molecule has 1 amide bonds. The molecule has 11 heteroatoms. The first kappa shape index (κ1) is 16.0. The first-order chi connectivity index (χ1) is 10.9. The second kappa shape index (κ2) is 5.98. The van der Waals surface area contributed by atoms with Crippen LogP contribution in [-0.2, 0) is 30.0 Å². The number of amides is 1. The van der Waals surface area contributed by atoms with Gasteiger partial charge in [-0.05, 0) is 6.92 Å². The molecule has 1 aliphatic heterocycles. The third kappa shape index (κ3) is 3.26. The molecule has 9 nitrogen and oxygen atoms in total. The van der Waals surface area contributed by atoms with Gasteiger partial charge in [-0.2, -0.15) is 4.31 Å². The lowest BCUT2D eigenvalue weighted by Gasteiger charge is -2.24. The Kier molecular flexibility index (Phi) is 4.17. The van der Waals surface area contributed by atoms with Crippen molar-refractivity contribution in [3.8, 4) is 0 Å². The molecule has 0 saturated carbocycles. The van der Waals surface area contributed by atoms with Gasteiger partial charge in [0, 0.05) is 31.4 Å². The Hall–Kier alpha value is -1.85. The summed E-state index contributed by atoms with van der Waals surface area (Å²) in [5.41, 5.74) is 1.04. The van der Waals surface area contributed by atoms with Crippen molar-refractivity contribution < 1.29 is 13.2 Å². The number of fused-ring (bicyclic) bond motifs is 1. The van der Waals surface area contributed by atoms with E-state index in [-0.39, 0.29) is 17.4 Å². The molecule has 0 fully saturated rings. The second-order valence-electron chi connectivity index (χ2n) is 5.10. The van der Waals surface area contributed by atoms with E-state index in [1.807, 2.05) is 0 Å². The number of aryl methyl sites for hydroxylation is 1. The molecular formula is C12H16N6O3S2. The smallest absolute Gasteiger partial charge is 0.279 e. The number of hydrogen-bond donors (Lipinski definition) is 1. The number of sulfonamides is 1. The molecule has 124 valence electrons. The third-order valence-corrected chi connectivity index (χ3v) is 6.34. The van der Waals surface area contributed by atoms with E-state index in [1.165, 1.54) is 26.5 Å². The van der Waals surface area contributed by atoms with Crippen molar-refractivity contribution in [2.75, 3.05) is 17.6 Å². The van der Waals surface area contributed by atoms with Gasteiger partial charge in [-0.15, -0.1) is 16.4 Å². The van der Waals surface area contributed by atoms with Crippen LogP contribution in [-0.4, -0.2) is 50.9 Å². The minimum absolute atomic E-state index is 0.0808. The molecule has 0 bridgehead atoms. The van der Waals surface area contributed by atoms with Crippen LogP contribution < -0.4 is 5.32 Å². The molecule has 1 N–H and O–H groups in total. The molecule has 2 aromatic rings. The number of anilines is 1. The average molecular weight is 356 g/mol. The van der Waals surface area contributed by atoms with Gasteiger partial charge in [0.1, 0.15) is 0 Å². The predicted octanol–water partition coefficient (Wildman–Crippen LogP) is 0.232. The average Bonchev–Trinajstić information content (AvgIpc) is 3.11. The Balaban J connectivity index is 1.75. The Morgan fingerprint density at radius 3 is 2.91 bits per heavy atom. The molecule has 0 aromatic carbocycles. The highest BCUT2D eigenvalue weighted by atomic mass is 32.2. The largest absolute Gasteiger partial charge is 0.296 e. The summed E-state index contributed by atoms with van der Waals surface area (Å²) in [5.74, 6) is -0.306. The summed E-state index contributed by atoms with van der Waals surface area (Å²) in [6.07, 6.45) is 2.06. The summed E-state index contributed by atoms with van der Waals surface area (Å²) in [5, 5.41) is 10.6. The van der Waals surface area contributed by atoms with E-state index in [1.54, 1.807) is 14.0 Å². The summed E-state index contributed by atoms with van der Waals surface area (Å²) in [4.78, 5) is 17.3. The SMILES string of the molecule is CCS(=O)(=O)N1CCc2nc(NC(=O)c3cn(C)nn3)sc2C1. The fourth-order valence-electron chi connectivity index (χ4n) is 2.26. The molecule has 0 aliphatic carbocycles. The zero-order valence-corrected chi connectivity index (χ0v) is 14.3. The summed E-state index contributed by atoms with van der Waals surface area (Å²) in [7, 11) is -1.54. The van der Waals surface area contributed by atoms with Crippen LogP contribution in [0.5, 0.6) is 0 Å². The number of carbonyl (C=O) groups excluding carboxylic acids is 1. The van der Waals surface area contributed by atoms with Crippen LogP contribution in [0.1, 0.15) is 28.0 Å². The van der Waals surface area contributed by atoms with Crippen LogP contribution in [0.2, 0.25) is 0 Å². The zero-order valence-electron chi connectivity index (χ0n) is 12.7. The van der Waals surface area contributed by atoms with Crippen molar-refractivity contribution in [1.29, 1.82) is 0 Å². The second-order valence-corrected chi connectivity index (χ2v) is 8.45. The fraction of sp³-hybridized carbons (Fsp3) is 0.500. The number of aromatic nitrogens is 4. The van der Waals surface area contributed by atoms with Crippen LogP contribution in [0.15, 0.2) is 6.20 Å². The molecule has 1 aliphatic rings. The van der Waals surface area contributed by atoms with Gasteiger partial charge in [-0.3, -0.25) is 14.8 Å². The Morgan fingerprint density at radius 2 is 2.26 bits per heavy atom. The summed E-state index contributed by atoms with van der Waals surface area (Å²) < 4.78 is 26.8. The van der Waals surface area contributed by atoms with Crippen molar-refractivity contribution in [3.05, 3.63) is 22.5 Å². The van der Waals surface area contributed by atoms with Gasteiger partial charge in [-0.25, -0.2) is 13.4 Å². The minimum Gasteiger partial charge on any atom is -0.296 e. The predicted molar refractivity (Wildman–Crippen MR) is 84.6 cm³/mol. The highest BCUT2D eigenvalue weighted by Gasteiger charge is 2.28. The van der Waals surface area contributed by atoms with Crippen molar-refractivity contribution in [1.82, 2.24) is 24.3 Å². The lowest BCUT2D eigenvalue weighted by molar-refractivity contribution is 0.102. The standard InChI is InChI=1S/C12H16N6O3S2/c1-3-23(20,21)18-5-4-8-10(7-18)22-12(13-8)14-11(19)9-6-17(2)16-15-9/h6H,3-5,7H2,1-2H3,(H,13,14,19). The van der Waals surface area contributed by atoms with Crippen LogP contribution >= 0.6 is 11.3 Å². The van der Waals surface area contributed by atoms with E-state index in [0.717, 1.165) is 10.6 Å². The molecule has 0 radical (unpaired) electrons. The van der Waals surface area contributed by atoms with Gasteiger partial charge in [0.2, 0.25) is 10.0 Å². The molecule has 3 heterocycles. The number of nitrogens with one attached hydrogen (secondary N) is 1. The maximum absolute atomic E-state index is 12.0. The van der Waals surface area contributed by atoms with Gasteiger partial charge in [0.15, 0.2) is 10.8 Å². The first-order valence-corrected chi connectivity index (χ1v) is 9.45. The molecule has 2 aromatic heterocycles. The molecule has 3 rings (SSSR count). The summed E-state index contributed by atoms with van der Waals surface area (Å²) in [6, 6.07) is 0. The normalized spacial score (nSPS) is 15.4. The van der Waals surface area contributed by atoms with Crippen molar-refractivity contribution in [2.24, 2.45) is 7.05 Å². The fourth-order valence-corrected chi connectivity index (χ4v) is 4.42. The quantitative estimate of drug-likeness (QED) is 0.840. The molecule has 0 saturated heterocycles. The highest BCUT2D eigenvalue weighted by Crippen LogP contribution is 2.29. The van der Waals surface area contributed by atoms with Crippen molar-refractivity contribution in [2.45, 2.75) is 19.9 Å². The Labute approximate surface area is 137 Å². The van der Waals surface area contributed by atoms with E-state index in [9.17, 15) is 13.2 Å². The third-order valence-electron chi connectivity index (χ3n) is 3.51. The lowest BCUT2D eigenvalue weighted by Crippen LogP contribution is -2.36. The number of thiazole rings is 1. The maximum atomic E-state index is 12.0. The minimum atomic E-state index is -3.21. The van der Waals surface area contributed by atoms with Gasteiger partial charge in [-0.1, -0.05) is 5.21 Å². The van der Waals surface area contributed by atoms with Crippen LogP contribution in [0.3, 0.4) is 0 Å². The highest BCUT2D eigenvalue weighted by molar-refractivity contribution is 7.89. The molecular weight excluding hydrogens is 340 g/mol. The van der Waals surface area contributed by atoms with Crippen LogP contribution in [0.25, 0.3) is 0 Å². The van der Waals surface area contributed by atoms with Gasteiger partial charge < -0.3 is 0 Å². The summed E-state index contributed by atoms with van der Waals surface area (Å²) >= 11 is 1.29. The number of hydrogen-bond acceptors (Lipinski definition) is 7. The van der Waals surface area contributed by atoms with E-state index in [2.05, 4.69) is 20.6 Å². The summed E-state index contributed by atoms with van der Waals surface area (Å²) in [6.45, 7) is 2.36. The van der Waals surface area contributed by atoms with Gasteiger partial charge in [0.05, 0.1) is 17.6 Å². The van der Waals surface area contributed by atoms with E-state index in [4.69, 9.17) is 0 Å². The zero-order chi connectivity index (χ0) is 16.6. The number of carbonyl (C=O) groups is 1. The van der Waals surface area contributed by atoms with E-state index < -0.39 is 10.0 Å². The van der Waals surface area contributed by atoms with E-state index in [0.29, 0.717) is 24.6 Å². The van der Waals surface area contributed by atoms with E-state index >= 15 is 0 Å². The van der Waals surface area contributed by atoms with Crippen molar-refractivity contribution >= 4 is 32.4 Å². The van der Waals surface area contributed by atoms with Crippen LogP contribution in [0.4, 0.5) is 5.13 Å².